The Morgan fingerprint density at radius 2 is 0.962 bits per heavy atom. The van der Waals surface area contributed by atoms with Crippen LogP contribution in [0.15, 0.2) is 77.3 Å². The third-order valence-electron chi connectivity index (χ3n) is 24.4. The van der Waals surface area contributed by atoms with Crippen molar-refractivity contribution in [2.75, 3.05) is 114 Å². The number of methoxy groups -OCH3 is 3. The van der Waals surface area contributed by atoms with Crippen molar-refractivity contribution in [3.05, 3.63) is 106 Å². The molecule has 34 nitrogen and oxygen atoms in total. The van der Waals surface area contributed by atoms with Crippen LogP contribution >= 0.6 is 0 Å². The van der Waals surface area contributed by atoms with Crippen LogP contribution < -0.4 is 5.46 Å². The van der Waals surface area contributed by atoms with Crippen molar-refractivity contribution in [3.63, 3.8) is 0 Å². The van der Waals surface area contributed by atoms with Crippen molar-refractivity contribution in [3.8, 4) is 0 Å². The number of benzene rings is 2. The van der Waals surface area contributed by atoms with E-state index in [-0.39, 0.29) is 122 Å². The maximum absolute atomic E-state index is 14.2. The summed E-state index contributed by atoms with van der Waals surface area (Å²) >= 11 is 0. The Morgan fingerprint density at radius 1 is 0.519 bits per heavy atom. The first kappa shape index (κ1) is 106. The van der Waals surface area contributed by atoms with E-state index in [2.05, 4.69) is 39.4 Å². The molecule has 7 saturated carbocycles. The normalized spacial score (nSPS) is 27.8. The number of halogens is 7. The second-order valence-corrected chi connectivity index (χ2v) is 40.4. The van der Waals surface area contributed by atoms with E-state index in [1.165, 1.54) is 14.2 Å². The van der Waals surface area contributed by atoms with E-state index in [1.54, 1.807) is 12.2 Å². The summed E-state index contributed by atoms with van der Waals surface area (Å²) in [6, 6.07) is 5.76. The predicted octanol–water partition coefficient (Wildman–Crippen LogP) is 8.59. The maximum atomic E-state index is 14.2. The molecule has 45 heteroatoms. The number of carbonyl (C=O) groups excluding carboxylic acids is 7. The van der Waals surface area contributed by atoms with E-state index < -0.39 is 130 Å². The Labute approximate surface area is 766 Å². The van der Waals surface area contributed by atoms with E-state index in [0.717, 1.165) is 134 Å². The van der Waals surface area contributed by atoms with Crippen LogP contribution in [-0.4, -0.2) is 257 Å². The van der Waals surface area contributed by atoms with Gasteiger partial charge in [0.05, 0.1) is 125 Å². The second-order valence-electron chi connectivity index (χ2n) is 34.4. The molecule has 11 aliphatic carbocycles. The molecule has 7 heterocycles. The number of alkyl halides is 3. The second kappa shape index (κ2) is 44.3. The number of Topliss-reactive ketones (excluding diaryl/α,β-unsaturated/α-hetero) is 3. The van der Waals surface area contributed by atoms with Gasteiger partial charge in [-0.15, -0.1) is 0 Å². The van der Waals surface area contributed by atoms with Gasteiger partial charge in [-0.2, -0.15) is 21.6 Å². The summed E-state index contributed by atoms with van der Waals surface area (Å²) in [5.41, 5.74) is -5.36. The first-order valence-electron chi connectivity index (χ1n) is 42.8. The van der Waals surface area contributed by atoms with Crippen LogP contribution in [0.1, 0.15) is 135 Å². The van der Waals surface area contributed by atoms with Crippen molar-refractivity contribution < 1.29 is 212 Å². The zero-order chi connectivity index (χ0) is 94.7. The summed E-state index contributed by atoms with van der Waals surface area (Å²) < 4.78 is 215. The topological polar surface area (TPSA) is 444 Å². The Bertz CT molecular complexity index is 4660. The van der Waals surface area contributed by atoms with Gasteiger partial charge in [0.2, 0.25) is 8.32 Å². The average molecular weight is 2000 g/mol. The minimum absolute atomic E-state index is 0. The fourth-order valence-corrected chi connectivity index (χ4v) is 19.7. The summed E-state index contributed by atoms with van der Waals surface area (Å²) in [7, 11) is -5.66. The van der Waals surface area contributed by atoms with Crippen molar-refractivity contribution in [1.29, 1.82) is 0 Å². The van der Waals surface area contributed by atoms with E-state index in [1.807, 2.05) is 0 Å². The van der Waals surface area contributed by atoms with Gasteiger partial charge in [0.15, 0.2) is 52.1 Å². The van der Waals surface area contributed by atoms with Crippen LogP contribution in [-0.2, 0) is 163 Å². The van der Waals surface area contributed by atoms with E-state index in [4.69, 9.17) is 105 Å². The Kier molecular flexibility index (Phi) is 35.8. The molecule has 0 radical (unpaired) electrons. The van der Waals surface area contributed by atoms with Crippen molar-refractivity contribution in [2.24, 2.45) is 53.3 Å². The number of rotatable bonds is 9. The fraction of sp³-hybridized carbons (Fsp3) is 0.663. The molecule has 2 aromatic rings. The van der Waals surface area contributed by atoms with Gasteiger partial charge in [-0.3, -0.25) is 33.6 Å². The molecule has 131 heavy (non-hydrogen) atoms. The molecule has 2 aromatic carbocycles. The number of hydrogen-bond donors (Lipinski definition) is 4. The Morgan fingerprint density at radius 3 is 1.45 bits per heavy atom. The van der Waals surface area contributed by atoms with Gasteiger partial charge in [-0.25, -0.2) is 27.2 Å². The minimum atomic E-state index is -5.86. The first-order chi connectivity index (χ1) is 61.3. The molecular weight excluding hydrogens is 1890 g/mol. The molecule has 7 aliphatic heterocycles. The predicted molar refractivity (Wildman–Crippen MR) is 434 cm³/mol. The SMILES string of the molecule is CC(=O)O.CC(=O)O.COC(=O)C1=C(OS(=O)(=O)C(F)(F)F)C2CC2C2(C1)OCCO2.COC(=O)C1=C(c2cc(F)ccc2F)C2CC2C2(C1)OCCO2.COC(=O)C1CC2(OCCO2)C2CC2C1=O.C[Si](C)(C)OC1=CCC2(CC1)OCCO2.O=C1C=CC2(CC1)OCCO2.O=C1CCC2(CC1)OCCO2.O=C1CCC2(OCCO2)C2CC12.OB(O)c1cc(F)ccc1F.[Pd]. The molecule has 20 rings (SSSR count). The number of esters is 3. The molecule has 14 fully saturated rings. The van der Waals surface area contributed by atoms with Gasteiger partial charge >= 0.3 is 40.7 Å². The smallest absolute Gasteiger partial charge is 0.534 e. The largest absolute Gasteiger partial charge is 0.548 e. The van der Waals surface area contributed by atoms with Crippen LogP contribution in [0.2, 0.25) is 19.6 Å². The molecule has 0 amide bonds. The van der Waals surface area contributed by atoms with Crippen LogP contribution in [0, 0.1) is 76.5 Å². The van der Waals surface area contributed by atoms with Crippen LogP contribution in [0.4, 0.5) is 30.7 Å². The molecule has 0 bridgehead atoms. The summed E-state index contributed by atoms with van der Waals surface area (Å²) in [5, 5.41) is 31.8. The standard InChI is InChI=1S/C17H16F2O4.C12H13F3O7S.C11H14O5.C11H20O3Si.C9H12O3.C8H12O3.C8H10O3.C6H5BF2O2.2C2H4O2.Pd/c1-21-16(20)12-8-17(22-4-5-23-17)13-7-10(13)15(12)11-6-9(18)2-3-14(11)19;1-19-10(16)7-5-11(20-2-3-21-11)8-4-6(8)9(7)22-23(17,18)12(13,14)15;1-14-10(13)7-5-11(15-2-3-16-11)8-4-6(8)9(7)12;1-15(2,3)14-10-4-6-11(7-5-10)12-8-9-13-11;10-8-1-2-9(7-5-6(7)8)11-3-4-12-9;2*9-7-1-3-8(4-2-7)10-5-6-11-8;8-4-1-2-6(9)5(3-4)7(10)11;2*1-2(3)4;/h2-3,6,10,13H,4-5,7-8H2,1H3;6,8H,2-5H2,1H3;6-8H,2-5H2,1H3;4H,5-9H2,1-3H3;6-7H,1-5H2;1-6H2;1,3H,2,4-6H2;1-3,10-11H;2*1H3,(H,3,4);. The van der Waals surface area contributed by atoms with Crippen LogP contribution in [0.3, 0.4) is 0 Å². The van der Waals surface area contributed by atoms with Crippen LogP contribution in [0.5, 0.6) is 0 Å². The van der Waals surface area contributed by atoms with Gasteiger partial charge in [-0.1, -0.05) is 0 Å². The molecule has 4 N–H and O–H groups in total. The number of hydrogen-bond acceptors (Lipinski definition) is 32. The van der Waals surface area contributed by atoms with E-state index in [0.29, 0.717) is 140 Å². The van der Waals surface area contributed by atoms with Crippen molar-refractivity contribution in [2.45, 2.75) is 195 Å². The number of allylic oxidation sites excluding steroid dienone is 4. The molecule has 7 saturated heterocycles. The summed E-state index contributed by atoms with van der Waals surface area (Å²) in [4.78, 5) is 98.5. The molecule has 9 unspecified atom stereocenters. The molecular formula is C86H110BF7O34PdSSi. The first-order valence-corrected chi connectivity index (χ1v) is 47.7. The molecule has 7 spiro atoms. The number of carboxylic acids is 2. The van der Waals surface area contributed by atoms with Crippen molar-refractivity contribution in [1.82, 2.24) is 0 Å². The molecule has 730 valence electrons. The third-order valence-corrected chi connectivity index (χ3v) is 26.2. The Balaban J connectivity index is 0.000000156. The number of ether oxygens (including phenoxy) is 17. The van der Waals surface area contributed by atoms with Crippen molar-refractivity contribution >= 4 is 89.6 Å². The fourth-order valence-electron chi connectivity index (χ4n) is 18.2. The zero-order valence-electron chi connectivity index (χ0n) is 73.5. The number of fused-ring (bicyclic) bond motifs is 8. The maximum Gasteiger partial charge on any atom is 0.534 e. The Hall–Kier alpha value is -7.21. The van der Waals surface area contributed by atoms with Gasteiger partial charge < -0.3 is 109 Å². The average Bonchev–Trinajstić information content (AvgIpc) is 1.53. The molecule has 9 atom stereocenters. The minimum Gasteiger partial charge on any atom is -0.548 e. The molecule has 18 aliphatic rings. The summed E-state index contributed by atoms with van der Waals surface area (Å²) in [6.45, 7) is 16.9. The number of carboxylic acid groups (broad SMARTS) is 2. The van der Waals surface area contributed by atoms with E-state index >= 15 is 0 Å². The van der Waals surface area contributed by atoms with E-state index in [9.17, 15) is 72.7 Å². The monoisotopic (exact) mass is 2000 g/mol. The van der Waals surface area contributed by atoms with Gasteiger partial charge in [0.1, 0.15) is 46.5 Å². The van der Waals surface area contributed by atoms with Gasteiger partial charge in [-0.05, 0) is 111 Å². The number of ketones is 4. The quantitative estimate of drug-likeness (QED) is 0.0347. The summed E-state index contributed by atoms with van der Waals surface area (Å²) in [6.07, 6.45) is 16.7. The van der Waals surface area contributed by atoms with Crippen LogP contribution in [0.25, 0.3) is 5.57 Å². The number of aliphatic carboxylic acids is 2. The third kappa shape index (κ3) is 26.5. The van der Waals surface area contributed by atoms with Gasteiger partial charge in [0, 0.05) is 182 Å². The molecule has 0 aromatic heterocycles. The summed E-state index contributed by atoms with van der Waals surface area (Å²) in [5.74, 6) is -9.90. The zero-order valence-corrected chi connectivity index (χ0v) is 76.9. The van der Waals surface area contributed by atoms with Gasteiger partial charge in [0.25, 0.3) is 11.9 Å². The number of carbonyl (C=O) groups is 9.